The van der Waals surface area contributed by atoms with E-state index in [2.05, 4.69) is 5.32 Å². The SMILES string of the molecule is CN1C(=O)c2ccc(NC(=O)C3COc4ccccc4O3)cc2C1=O. The first-order valence-corrected chi connectivity index (χ1v) is 7.70. The standard InChI is InChI=1S/C18H14N2O5/c1-20-17(22)11-7-6-10(8-12(11)18(20)23)19-16(21)15-9-24-13-4-2-3-5-14(13)25-15/h2-8,15H,9H2,1H3,(H,19,21). The third-order valence-corrected chi connectivity index (χ3v) is 4.16. The van der Waals surface area contributed by atoms with Gasteiger partial charge in [0.05, 0.1) is 11.1 Å². The zero-order chi connectivity index (χ0) is 17.6. The van der Waals surface area contributed by atoms with E-state index in [-0.39, 0.29) is 29.9 Å². The van der Waals surface area contributed by atoms with Crippen molar-refractivity contribution in [2.75, 3.05) is 19.0 Å². The van der Waals surface area contributed by atoms with E-state index in [1.54, 1.807) is 24.3 Å². The third-order valence-electron chi connectivity index (χ3n) is 4.16. The lowest BCUT2D eigenvalue weighted by Crippen LogP contribution is -2.40. The smallest absolute Gasteiger partial charge is 0.269 e. The van der Waals surface area contributed by atoms with Gasteiger partial charge in [-0.1, -0.05) is 12.1 Å². The first kappa shape index (κ1) is 15.2. The number of benzene rings is 2. The van der Waals surface area contributed by atoms with Gasteiger partial charge in [-0.25, -0.2) is 0 Å². The number of amides is 3. The molecule has 0 saturated carbocycles. The van der Waals surface area contributed by atoms with Crippen molar-refractivity contribution in [1.82, 2.24) is 4.90 Å². The molecule has 0 bridgehead atoms. The van der Waals surface area contributed by atoms with Gasteiger partial charge in [0.1, 0.15) is 6.61 Å². The van der Waals surface area contributed by atoms with Crippen molar-refractivity contribution in [2.24, 2.45) is 0 Å². The number of hydrogen-bond acceptors (Lipinski definition) is 5. The maximum Gasteiger partial charge on any atom is 0.269 e. The second kappa shape index (κ2) is 5.62. The van der Waals surface area contributed by atoms with Crippen molar-refractivity contribution < 1.29 is 23.9 Å². The Kier molecular flexibility index (Phi) is 3.42. The third kappa shape index (κ3) is 2.50. The number of rotatable bonds is 2. The summed E-state index contributed by atoms with van der Waals surface area (Å²) in [5, 5.41) is 2.70. The fourth-order valence-corrected chi connectivity index (χ4v) is 2.81. The summed E-state index contributed by atoms with van der Waals surface area (Å²) in [5.74, 6) is -0.0261. The topological polar surface area (TPSA) is 84.9 Å². The minimum atomic E-state index is -0.803. The molecule has 1 atom stereocenters. The quantitative estimate of drug-likeness (QED) is 0.843. The Labute approximate surface area is 143 Å². The second-order valence-corrected chi connectivity index (χ2v) is 5.78. The number of fused-ring (bicyclic) bond motifs is 2. The highest BCUT2D eigenvalue weighted by Crippen LogP contribution is 2.31. The van der Waals surface area contributed by atoms with Crippen LogP contribution in [0, 0.1) is 0 Å². The Morgan fingerprint density at radius 3 is 2.60 bits per heavy atom. The highest BCUT2D eigenvalue weighted by atomic mass is 16.6. The van der Waals surface area contributed by atoms with Crippen LogP contribution in [-0.4, -0.2) is 42.4 Å². The lowest BCUT2D eigenvalue weighted by Gasteiger charge is -2.25. The Morgan fingerprint density at radius 1 is 1.08 bits per heavy atom. The molecule has 0 saturated heterocycles. The molecule has 2 aromatic rings. The first-order valence-electron chi connectivity index (χ1n) is 7.70. The van der Waals surface area contributed by atoms with Gasteiger partial charge < -0.3 is 14.8 Å². The summed E-state index contributed by atoms with van der Waals surface area (Å²) in [5.41, 5.74) is 1.02. The average Bonchev–Trinajstić information content (AvgIpc) is 2.85. The Balaban J connectivity index is 1.51. The largest absolute Gasteiger partial charge is 0.485 e. The van der Waals surface area contributed by atoms with Gasteiger partial charge in [0.2, 0.25) is 6.10 Å². The van der Waals surface area contributed by atoms with E-state index < -0.39 is 6.10 Å². The van der Waals surface area contributed by atoms with Crippen LogP contribution in [0.25, 0.3) is 0 Å². The molecular formula is C18H14N2O5. The predicted octanol–water partition coefficient (Wildman–Crippen LogP) is 1.69. The van der Waals surface area contributed by atoms with Crippen molar-refractivity contribution in [3.05, 3.63) is 53.6 Å². The number of carbonyl (C=O) groups is 3. The summed E-state index contributed by atoms with van der Waals surface area (Å²) in [7, 11) is 1.42. The predicted molar refractivity (Wildman–Crippen MR) is 87.8 cm³/mol. The average molecular weight is 338 g/mol. The summed E-state index contributed by atoms with van der Waals surface area (Å²) in [6.07, 6.45) is -0.803. The maximum absolute atomic E-state index is 12.4. The van der Waals surface area contributed by atoms with E-state index in [1.165, 1.54) is 19.2 Å². The van der Waals surface area contributed by atoms with Gasteiger partial charge in [-0.05, 0) is 30.3 Å². The van der Waals surface area contributed by atoms with E-state index >= 15 is 0 Å². The Hall–Kier alpha value is -3.35. The van der Waals surface area contributed by atoms with Gasteiger partial charge in [-0.2, -0.15) is 0 Å². The molecule has 1 N–H and O–H groups in total. The molecule has 2 aromatic carbocycles. The number of para-hydroxylation sites is 2. The molecule has 25 heavy (non-hydrogen) atoms. The number of nitrogens with one attached hydrogen (secondary N) is 1. The van der Waals surface area contributed by atoms with Crippen molar-refractivity contribution in [3.63, 3.8) is 0 Å². The van der Waals surface area contributed by atoms with Crippen LogP contribution in [0.15, 0.2) is 42.5 Å². The highest BCUT2D eigenvalue weighted by molar-refractivity contribution is 6.21. The molecule has 1 unspecified atom stereocenters. The van der Waals surface area contributed by atoms with Gasteiger partial charge in [0.25, 0.3) is 17.7 Å². The fourth-order valence-electron chi connectivity index (χ4n) is 2.81. The molecule has 0 fully saturated rings. The van der Waals surface area contributed by atoms with Crippen molar-refractivity contribution in [1.29, 1.82) is 0 Å². The zero-order valence-corrected chi connectivity index (χ0v) is 13.3. The van der Waals surface area contributed by atoms with Crippen LogP contribution < -0.4 is 14.8 Å². The van der Waals surface area contributed by atoms with Gasteiger partial charge >= 0.3 is 0 Å². The van der Waals surface area contributed by atoms with E-state index in [9.17, 15) is 14.4 Å². The number of anilines is 1. The number of carbonyl (C=O) groups excluding carboxylic acids is 3. The number of nitrogens with zero attached hydrogens (tertiary/aromatic N) is 1. The van der Waals surface area contributed by atoms with Gasteiger partial charge in [-0.15, -0.1) is 0 Å². The monoisotopic (exact) mass is 338 g/mol. The zero-order valence-electron chi connectivity index (χ0n) is 13.3. The minimum Gasteiger partial charge on any atom is -0.485 e. The first-order chi connectivity index (χ1) is 12.0. The molecule has 2 heterocycles. The number of hydrogen-bond donors (Lipinski definition) is 1. The van der Waals surface area contributed by atoms with Gasteiger partial charge in [0, 0.05) is 12.7 Å². The number of ether oxygens (including phenoxy) is 2. The van der Waals surface area contributed by atoms with E-state index in [4.69, 9.17) is 9.47 Å². The van der Waals surface area contributed by atoms with Crippen LogP contribution in [0.2, 0.25) is 0 Å². The van der Waals surface area contributed by atoms with Crippen LogP contribution in [0.3, 0.4) is 0 Å². The Bertz CT molecular complexity index is 908. The van der Waals surface area contributed by atoms with Crippen LogP contribution in [0.5, 0.6) is 11.5 Å². The molecule has 7 nitrogen and oxygen atoms in total. The van der Waals surface area contributed by atoms with E-state index in [0.717, 1.165) is 4.90 Å². The molecule has 3 amide bonds. The molecule has 0 aromatic heterocycles. The number of imide groups is 1. The molecule has 4 rings (SSSR count). The van der Waals surface area contributed by atoms with Crippen molar-refractivity contribution in [3.8, 4) is 11.5 Å². The molecule has 0 spiro atoms. The Morgan fingerprint density at radius 2 is 1.80 bits per heavy atom. The molecule has 126 valence electrons. The summed E-state index contributed by atoms with van der Waals surface area (Å²) in [6, 6.07) is 11.7. The summed E-state index contributed by atoms with van der Waals surface area (Å²) in [4.78, 5) is 37.4. The van der Waals surface area contributed by atoms with Crippen LogP contribution >= 0.6 is 0 Å². The lowest BCUT2D eigenvalue weighted by atomic mass is 10.1. The minimum absolute atomic E-state index is 0.0912. The summed E-state index contributed by atoms with van der Waals surface area (Å²) < 4.78 is 11.2. The van der Waals surface area contributed by atoms with E-state index in [0.29, 0.717) is 22.7 Å². The molecule has 0 radical (unpaired) electrons. The highest BCUT2D eigenvalue weighted by Gasteiger charge is 2.33. The molecule has 7 heteroatoms. The van der Waals surface area contributed by atoms with Crippen molar-refractivity contribution >= 4 is 23.4 Å². The van der Waals surface area contributed by atoms with Gasteiger partial charge in [0.15, 0.2) is 11.5 Å². The lowest BCUT2D eigenvalue weighted by molar-refractivity contribution is -0.125. The van der Waals surface area contributed by atoms with E-state index in [1.807, 2.05) is 6.07 Å². The van der Waals surface area contributed by atoms with Crippen LogP contribution in [-0.2, 0) is 4.79 Å². The van der Waals surface area contributed by atoms with Crippen LogP contribution in [0.4, 0.5) is 5.69 Å². The van der Waals surface area contributed by atoms with Gasteiger partial charge in [-0.3, -0.25) is 19.3 Å². The summed E-state index contributed by atoms with van der Waals surface area (Å²) >= 11 is 0. The maximum atomic E-state index is 12.4. The molecule has 0 aliphatic carbocycles. The normalized spacial score (nSPS) is 18.1. The van der Waals surface area contributed by atoms with Crippen molar-refractivity contribution in [2.45, 2.75) is 6.10 Å². The second-order valence-electron chi connectivity index (χ2n) is 5.78. The molecular weight excluding hydrogens is 324 g/mol. The molecule has 2 aliphatic rings. The molecule has 2 aliphatic heterocycles. The fraction of sp³-hybridized carbons (Fsp3) is 0.167. The summed E-state index contributed by atoms with van der Waals surface area (Å²) in [6.45, 7) is 0.0912. The van der Waals surface area contributed by atoms with Crippen LogP contribution in [0.1, 0.15) is 20.7 Å².